The fourth-order valence-corrected chi connectivity index (χ4v) is 5.79. The molecule has 4 aromatic rings. The van der Waals surface area contributed by atoms with Crippen LogP contribution < -0.4 is 4.74 Å². The van der Waals surface area contributed by atoms with Gasteiger partial charge in [-0.25, -0.2) is 0 Å². The van der Waals surface area contributed by atoms with Crippen LogP contribution in [0.3, 0.4) is 0 Å². The van der Waals surface area contributed by atoms with Crippen LogP contribution in [0.4, 0.5) is 26.3 Å². The molecule has 0 N–H and O–H groups in total. The summed E-state index contributed by atoms with van der Waals surface area (Å²) in [5.74, 6) is -15.3. The normalized spacial score (nSPS) is 18.1. The van der Waals surface area contributed by atoms with E-state index < -0.39 is 28.9 Å². The zero-order chi connectivity index (χ0) is 26.0. The number of allylic oxidation sites excluding steroid dienone is 2. The maximum atomic E-state index is 15.5. The van der Waals surface area contributed by atoms with Gasteiger partial charge in [0.15, 0.2) is 0 Å². The Bertz CT molecular complexity index is 1530. The molecule has 36 heavy (non-hydrogen) atoms. The second kappa shape index (κ2) is 8.13. The van der Waals surface area contributed by atoms with E-state index in [0.29, 0.717) is 21.6 Å². The first-order valence-electron chi connectivity index (χ1n) is 11.0. The molecule has 1 aliphatic carbocycles. The third kappa shape index (κ3) is 3.30. The van der Waals surface area contributed by atoms with E-state index in [-0.39, 0.29) is 27.0 Å². The Morgan fingerprint density at radius 2 is 1.44 bits per heavy atom. The van der Waals surface area contributed by atoms with Gasteiger partial charge in [0.1, 0.15) is 5.75 Å². The van der Waals surface area contributed by atoms with Crippen molar-refractivity contribution < 1.29 is 31.1 Å². The summed E-state index contributed by atoms with van der Waals surface area (Å²) in [5.41, 5.74) is -2.47. The van der Waals surface area contributed by atoms with Gasteiger partial charge in [0.25, 0.3) is 0 Å². The van der Waals surface area contributed by atoms with E-state index in [9.17, 15) is 8.78 Å². The number of methoxy groups -OCH3 is 1. The van der Waals surface area contributed by atoms with Gasteiger partial charge < -0.3 is 4.74 Å². The lowest BCUT2D eigenvalue weighted by molar-refractivity contribution is -0.254. The molecule has 3 aromatic carbocycles. The number of alkyl halides is 6. The predicted octanol–water partition coefficient (Wildman–Crippen LogP) is 9.02. The van der Waals surface area contributed by atoms with Crippen LogP contribution in [0.1, 0.15) is 21.6 Å². The maximum Gasteiger partial charge on any atom is 0.380 e. The van der Waals surface area contributed by atoms with E-state index in [4.69, 9.17) is 4.74 Å². The number of hydrogen-bond donors (Lipinski definition) is 0. The third-order valence-electron chi connectivity index (χ3n) is 6.60. The van der Waals surface area contributed by atoms with E-state index in [2.05, 4.69) is 0 Å². The van der Waals surface area contributed by atoms with Crippen LogP contribution in [-0.2, 0) is 0 Å². The molecule has 0 aliphatic heterocycles. The molecular formula is C28H20F6OS. The Morgan fingerprint density at radius 3 is 2.17 bits per heavy atom. The van der Waals surface area contributed by atoms with Crippen molar-refractivity contribution in [3.8, 4) is 16.2 Å². The Hall–Kier alpha value is -3.26. The highest BCUT2D eigenvalue weighted by molar-refractivity contribution is 7.15. The quantitative estimate of drug-likeness (QED) is 0.245. The van der Waals surface area contributed by atoms with E-state index in [0.717, 1.165) is 11.3 Å². The number of hydrogen-bond acceptors (Lipinski definition) is 2. The van der Waals surface area contributed by atoms with Gasteiger partial charge in [-0.2, -0.15) is 26.3 Å². The van der Waals surface area contributed by atoms with Crippen molar-refractivity contribution in [2.24, 2.45) is 0 Å². The van der Waals surface area contributed by atoms with Crippen LogP contribution in [0.2, 0.25) is 0 Å². The Labute approximate surface area is 207 Å². The predicted molar refractivity (Wildman–Crippen MR) is 131 cm³/mol. The van der Waals surface area contributed by atoms with Crippen molar-refractivity contribution in [3.63, 3.8) is 0 Å². The minimum atomic E-state index is -5.61. The molecule has 5 rings (SSSR count). The number of halogens is 6. The van der Waals surface area contributed by atoms with Crippen molar-refractivity contribution in [3.05, 3.63) is 88.3 Å². The number of rotatable bonds is 4. The zero-order valence-electron chi connectivity index (χ0n) is 19.4. The standard InChI is InChI=1S/C28H20F6OS/c1-15-11-12-17-7-4-5-10-20(17)23(15)25-24(26(29,30)28(33,34)27(25,31)32)21-14-22(36-16(21)2)18-8-6-9-19(13-18)35-3/h4-14H,1-3H3. The summed E-state index contributed by atoms with van der Waals surface area (Å²) in [5, 5.41) is 0.692. The molecular weight excluding hydrogens is 498 g/mol. The lowest BCUT2D eigenvalue weighted by atomic mass is 9.88. The zero-order valence-corrected chi connectivity index (χ0v) is 20.3. The summed E-state index contributed by atoms with van der Waals surface area (Å²) in [4.78, 5) is 0.698. The maximum absolute atomic E-state index is 15.5. The number of fused-ring (bicyclic) bond motifs is 1. The van der Waals surface area contributed by atoms with Crippen LogP contribution in [-0.4, -0.2) is 24.9 Å². The van der Waals surface area contributed by atoms with Gasteiger partial charge in [-0.05, 0) is 65.1 Å². The first-order valence-corrected chi connectivity index (χ1v) is 11.9. The van der Waals surface area contributed by atoms with Crippen LogP contribution in [0, 0.1) is 13.8 Å². The molecule has 186 valence electrons. The molecule has 0 fully saturated rings. The van der Waals surface area contributed by atoms with Crippen LogP contribution in [0.25, 0.3) is 32.4 Å². The van der Waals surface area contributed by atoms with Crippen molar-refractivity contribution in [1.82, 2.24) is 0 Å². The smallest absolute Gasteiger partial charge is 0.380 e. The van der Waals surface area contributed by atoms with Gasteiger partial charge >= 0.3 is 17.8 Å². The highest BCUT2D eigenvalue weighted by atomic mass is 32.1. The molecule has 0 saturated heterocycles. The monoisotopic (exact) mass is 518 g/mol. The van der Waals surface area contributed by atoms with E-state index >= 15 is 17.6 Å². The molecule has 0 saturated carbocycles. The second-order valence-corrected chi connectivity index (χ2v) is 10.0. The van der Waals surface area contributed by atoms with E-state index in [1.807, 2.05) is 0 Å². The minimum absolute atomic E-state index is 0.204. The van der Waals surface area contributed by atoms with Gasteiger partial charge in [0, 0.05) is 20.9 Å². The van der Waals surface area contributed by atoms with E-state index in [1.54, 1.807) is 48.5 Å². The number of benzene rings is 3. The van der Waals surface area contributed by atoms with Gasteiger partial charge in [0.05, 0.1) is 7.11 Å². The van der Waals surface area contributed by atoms with Gasteiger partial charge in [0.2, 0.25) is 0 Å². The average Bonchev–Trinajstić information content (AvgIpc) is 3.27. The molecule has 1 heterocycles. The minimum Gasteiger partial charge on any atom is -0.497 e. The molecule has 0 unspecified atom stereocenters. The molecule has 0 atom stereocenters. The highest BCUT2D eigenvalue weighted by Gasteiger charge is 2.80. The van der Waals surface area contributed by atoms with Crippen LogP contribution in [0.5, 0.6) is 5.75 Å². The lowest BCUT2D eigenvalue weighted by Crippen LogP contribution is -2.49. The van der Waals surface area contributed by atoms with E-state index in [1.165, 1.54) is 39.2 Å². The van der Waals surface area contributed by atoms with Gasteiger partial charge in [-0.1, -0.05) is 48.5 Å². The summed E-state index contributed by atoms with van der Waals surface area (Å²) in [7, 11) is 1.47. The molecule has 0 spiro atoms. The largest absolute Gasteiger partial charge is 0.497 e. The summed E-state index contributed by atoms with van der Waals surface area (Å²) in [6, 6.07) is 17.5. The number of aryl methyl sites for hydroxylation is 2. The molecule has 1 aromatic heterocycles. The molecule has 1 nitrogen and oxygen atoms in total. The first-order chi connectivity index (χ1) is 16.9. The summed E-state index contributed by atoms with van der Waals surface area (Å²) >= 11 is 1.07. The fourth-order valence-electron chi connectivity index (χ4n) is 4.77. The SMILES string of the molecule is COc1cccc(-c2cc(C3=C(c4c(C)ccc5ccccc45)C(F)(F)C(F)(F)C3(F)F)c(C)s2)c1. The molecule has 8 heteroatoms. The highest BCUT2D eigenvalue weighted by Crippen LogP contribution is 2.66. The molecule has 0 amide bonds. The number of ether oxygens (including phenoxy) is 1. The summed E-state index contributed by atoms with van der Waals surface area (Å²) in [6.45, 7) is 2.92. The molecule has 1 aliphatic rings. The molecule has 0 radical (unpaired) electrons. The molecule has 0 bridgehead atoms. The number of thiophene rings is 1. The van der Waals surface area contributed by atoms with Gasteiger partial charge in [-0.15, -0.1) is 11.3 Å². The van der Waals surface area contributed by atoms with Crippen molar-refractivity contribution in [1.29, 1.82) is 0 Å². The second-order valence-electron chi connectivity index (χ2n) is 8.76. The lowest BCUT2D eigenvalue weighted by Gasteiger charge is -2.26. The first kappa shape index (κ1) is 24.4. The Balaban J connectivity index is 1.86. The average molecular weight is 519 g/mol. The Kier molecular flexibility index (Phi) is 5.52. The van der Waals surface area contributed by atoms with Crippen molar-refractivity contribution in [2.45, 2.75) is 31.6 Å². The Morgan fingerprint density at radius 1 is 0.750 bits per heavy atom. The van der Waals surface area contributed by atoms with Gasteiger partial charge in [-0.3, -0.25) is 0 Å². The van der Waals surface area contributed by atoms with Crippen molar-refractivity contribution in [2.75, 3.05) is 7.11 Å². The third-order valence-corrected chi connectivity index (χ3v) is 7.69. The fraction of sp³-hybridized carbons (Fsp3) is 0.214. The topological polar surface area (TPSA) is 9.23 Å². The summed E-state index contributed by atoms with van der Waals surface area (Å²) < 4.78 is 96.9. The summed E-state index contributed by atoms with van der Waals surface area (Å²) in [6.07, 6.45) is 0. The van der Waals surface area contributed by atoms with Crippen LogP contribution >= 0.6 is 11.3 Å². The van der Waals surface area contributed by atoms with Crippen LogP contribution in [0.15, 0.2) is 66.7 Å². The van der Waals surface area contributed by atoms with Crippen molar-refractivity contribution >= 4 is 33.3 Å².